The monoisotopic (exact) mass is 559 g/mol. The minimum absolute atomic E-state index is 0.0787. The summed E-state index contributed by atoms with van der Waals surface area (Å²) in [6.45, 7) is 17.6. The summed E-state index contributed by atoms with van der Waals surface area (Å²) in [5.74, 6) is 0. The number of amides is 1. The Morgan fingerprint density at radius 3 is 1.62 bits per heavy atom. The van der Waals surface area contributed by atoms with E-state index in [-0.39, 0.29) is 22.3 Å². The van der Waals surface area contributed by atoms with Crippen molar-refractivity contribution in [3.63, 3.8) is 0 Å². The molecule has 0 N–H and O–H groups in total. The summed E-state index contributed by atoms with van der Waals surface area (Å²) in [6.07, 6.45) is 18.2. The fourth-order valence-corrected chi connectivity index (χ4v) is 21.7. The maximum atomic E-state index is 13.4. The number of ether oxygens (including phenoxy) is 1. The van der Waals surface area contributed by atoms with Crippen molar-refractivity contribution in [1.82, 2.24) is 4.90 Å². The minimum atomic E-state index is -2.71. The number of hydrogen-bond donors (Lipinski definition) is 0. The van der Waals surface area contributed by atoms with E-state index in [1.165, 1.54) is 71.1 Å². The second kappa shape index (κ2) is 19.2. The van der Waals surface area contributed by atoms with Gasteiger partial charge in [-0.1, -0.05) is 0 Å². The number of rotatable bonds is 19. The molecule has 3 nitrogen and oxygen atoms in total. The van der Waals surface area contributed by atoms with E-state index in [1.54, 1.807) is 0 Å². The number of unbranched alkanes of at least 4 members (excludes halogenated alkanes) is 6. The van der Waals surface area contributed by atoms with E-state index in [0.717, 1.165) is 12.8 Å². The van der Waals surface area contributed by atoms with E-state index in [2.05, 4.69) is 67.5 Å². The molecule has 32 heavy (non-hydrogen) atoms. The van der Waals surface area contributed by atoms with Crippen molar-refractivity contribution in [3.05, 3.63) is 12.2 Å². The topological polar surface area (TPSA) is 29.5 Å². The standard InChI is InChI=1S/C16H30NO2.3C4H9.Sn/c1-6-7-8-9-10-11-12-13-19-16(18)17(14(2)3)15(4)5;3*1-3-4-2;/h10-11,13-15H,6-9,12H2,1-5H3;3*1,3-4H2,2H3;/b11-10-;;;;. The molecule has 0 aromatic rings. The molecule has 0 heterocycles. The van der Waals surface area contributed by atoms with Gasteiger partial charge in [-0.25, -0.2) is 0 Å². The van der Waals surface area contributed by atoms with E-state index in [0.29, 0.717) is 0 Å². The van der Waals surface area contributed by atoms with E-state index in [1.807, 2.05) is 4.90 Å². The number of carbonyl (C=O) groups excluding carboxylic acids is 1. The fourth-order valence-electron chi connectivity index (χ4n) is 4.92. The van der Waals surface area contributed by atoms with Gasteiger partial charge in [-0.15, -0.1) is 0 Å². The van der Waals surface area contributed by atoms with Crippen LogP contribution in [0.5, 0.6) is 0 Å². The molecule has 0 aromatic heterocycles. The number of hydrogen-bond acceptors (Lipinski definition) is 2. The molecule has 0 aromatic carbocycles. The van der Waals surface area contributed by atoms with Gasteiger partial charge in [-0.3, -0.25) is 0 Å². The van der Waals surface area contributed by atoms with E-state index >= 15 is 0 Å². The van der Waals surface area contributed by atoms with Crippen molar-refractivity contribution in [2.45, 2.75) is 156 Å². The second-order valence-electron chi connectivity index (χ2n) is 10.3. The quantitative estimate of drug-likeness (QED) is 0.0898. The normalized spacial score (nSPS) is 13.3. The molecule has 0 aliphatic heterocycles. The molecule has 0 unspecified atom stereocenters. The first kappa shape index (κ1) is 31.8. The van der Waals surface area contributed by atoms with Gasteiger partial charge in [0.25, 0.3) is 0 Å². The van der Waals surface area contributed by atoms with Crippen LogP contribution >= 0.6 is 0 Å². The summed E-state index contributed by atoms with van der Waals surface area (Å²) in [7, 11) is 0. The molecule has 0 rings (SSSR count). The Morgan fingerprint density at radius 2 is 1.22 bits per heavy atom. The fraction of sp³-hybridized carbons (Fsp3) is 0.893. The molecule has 190 valence electrons. The summed E-state index contributed by atoms with van der Waals surface area (Å²) in [6, 6.07) is 0.332. The van der Waals surface area contributed by atoms with Crippen LogP contribution in [-0.2, 0) is 4.74 Å². The Labute approximate surface area is 206 Å². The molecular weight excluding hydrogens is 501 g/mol. The number of nitrogens with zero attached hydrogens (tertiary/aromatic N) is 1. The first-order valence-electron chi connectivity index (χ1n) is 13.9. The molecule has 0 saturated heterocycles. The molecule has 1 amide bonds. The molecule has 0 aliphatic rings. The van der Waals surface area contributed by atoms with Crippen LogP contribution in [0.25, 0.3) is 0 Å². The van der Waals surface area contributed by atoms with Gasteiger partial charge >= 0.3 is 207 Å². The summed E-state index contributed by atoms with van der Waals surface area (Å²) in [5.41, 5.74) is 0. The first-order chi connectivity index (χ1) is 15.3. The zero-order valence-corrected chi connectivity index (χ0v) is 25.9. The van der Waals surface area contributed by atoms with Crippen LogP contribution in [0, 0.1) is 0 Å². The molecule has 0 bridgehead atoms. The molecule has 0 fully saturated rings. The molecular formula is C28H57NO2Sn. The summed E-state index contributed by atoms with van der Waals surface area (Å²) < 4.78 is 10.8. The molecule has 0 radical (unpaired) electrons. The van der Waals surface area contributed by atoms with Crippen LogP contribution in [-0.4, -0.2) is 45.6 Å². The van der Waals surface area contributed by atoms with Crippen molar-refractivity contribution in [1.29, 1.82) is 0 Å². The Balaban J connectivity index is 5.88. The van der Waals surface area contributed by atoms with Crippen LogP contribution in [0.3, 0.4) is 0 Å². The van der Waals surface area contributed by atoms with Crippen molar-refractivity contribution >= 4 is 24.5 Å². The maximum absolute atomic E-state index is 13.4. The Hall–Kier alpha value is -0.191. The van der Waals surface area contributed by atoms with Crippen LogP contribution in [0.1, 0.15) is 126 Å². The van der Waals surface area contributed by atoms with Gasteiger partial charge < -0.3 is 0 Å². The average molecular weight is 558 g/mol. The van der Waals surface area contributed by atoms with Crippen LogP contribution < -0.4 is 0 Å². The second-order valence-corrected chi connectivity index (χ2v) is 24.2. The molecule has 1 atom stereocenters. The predicted octanol–water partition coefficient (Wildman–Crippen LogP) is 9.53. The van der Waals surface area contributed by atoms with Gasteiger partial charge in [0, 0.05) is 0 Å². The Bertz CT molecular complexity index is 460. The van der Waals surface area contributed by atoms with E-state index < -0.39 is 18.4 Å². The first-order valence-corrected chi connectivity index (χ1v) is 21.6. The van der Waals surface area contributed by atoms with E-state index in [4.69, 9.17) is 4.74 Å². The zero-order chi connectivity index (χ0) is 24.4. The third-order valence-electron chi connectivity index (χ3n) is 6.83. The van der Waals surface area contributed by atoms with Gasteiger partial charge in [0.15, 0.2) is 0 Å². The Morgan fingerprint density at radius 1 is 0.750 bits per heavy atom. The van der Waals surface area contributed by atoms with E-state index in [9.17, 15) is 4.79 Å². The number of carbonyl (C=O) groups is 1. The molecule has 0 spiro atoms. The van der Waals surface area contributed by atoms with Crippen LogP contribution in [0.15, 0.2) is 12.2 Å². The van der Waals surface area contributed by atoms with Crippen LogP contribution in [0.2, 0.25) is 13.3 Å². The van der Waals surface area contributed by atoms with Crippen molar-refractivity contribution in [2.75, 3.05) is 0 Å². The molecule has 0 saturated carbocycles. The Kier molecular flexibility index (Phi) is 19.0. The van der Waals surface area contributed by atoms with Gasteiger partial charge in [0.2, 0.25) is 0 Å². The summed E-state index contributed by atoms with van der Waals surface area (Å²) in [4.78, 5) is 15.3. The van der Waals surface area contributed by atoms with Crippen molar-refractivity contribution in [2.24, 2.45) is 0 Å². The number of allylic oxidation sites excluding steroid dienone is 1. The van der Waals surface area contributed by atoms with Gasteiger partial charge in [0.05, 0.1) is 0 Å². The SMILES string of the molecule is CCCCC/C=C\C[C@H](OC(=O)N(C(C)C)C(C)C)[Sn]([CH2]CCC)([CH2]CCC)[CH2]CCC. The third-order valence-corrected chi connectivity index (χ3v) is 23.3. The van der Waals surface area contributed by atoms with Gasteiger partial charge in [-0.05, 0) is 0 Å². The predicted molar refractivity (Wildman–Crippen MR) is 145 cm³/mol. The zero-order valence-electron chi connectivity index (χ0n) is 23.0. The van der Waals surface area contributed by atoms with Gasteiger partial charge in [0.1, 0.15) is 0 Å². The average Bonchev–Trinajstić information content (AvgIpc) is 2.74. The third kappa shape index (κ3) is 12.3. The summed E-state index contributed by atoms with van der Waals surface area (Å²) in [5, 5.41) is 0. The van der Waals surface area contributed by atoms with Crippen LogP contribution in [0.4, 0.5) is 4.79 Å². The van der Waals surface area contributed by atoms with Crippen molar-refractivity contribution < 1.29 is 9.53 Å². The molecule has 0 aliphatic carbocycles. The van der Waals surface area contributed by atoms with Gasteiger partial charge in [-0.2, -0.15) is 0 Å². The summed E-state index contributed by atoms with van der Waals surface area (Å²) >= 11 is -2.71. The molecule has 4 heteroatoms. The van der Waals surface area contributed by atoms with Crippen molar-refractivity contribution in [3.8, 4) is 0 Å².